The fraction of sp³-hybridized carbons (Fsp3) is 0.667. The molecule has 8 nitrogen and oxygen atoms in total. The van der Waals surface area contributed by atoms with Crippen LogP contribution in [0.15, 0.2) is 6.07 Å². The minimum Gasteiger partial charge on any atom is -0.347 e. The summed E-state index contributed by atoms with van der Waals surface area (Å²) >= 11 is 0. The normalized spacial score (nSPS) is 22.5. The highest BCUT2D eigenvalue weighted by atomic mass is 16.2. The molecule has 142 valence electrons. The van der Waals surface area contributed by atoms with Gasteiger partial charge in [0.15, 0.2) is 5.69 Å². The van der Waals surface area contributed by atoms with E-state index in [-0.39, 0.29) is 36.2 Å². The zero-order valence-electron chi connectivity index (χ0n) is 15.9. The van der Waals surface area contributed by atoms with Crippen LogP contribution in [0.2, 0.25) is 0 Å². The van der Waals surface area contributed by atoms with E-state index in [1.807, 2.05) is 13.8 Å². The number of aryl methyl sites for hydroxylation is 2. The van der Waals surface area contributed by atoms with Crippen LogP contribution < -0.4 is 0 Å². The fourth-order valence-corrected chi connectivity index (χ4v) is 3.80. The van der Waals surface area contributed by atoms with Crippen molar-refractivity contribution >= 4 is 17.7 Å². The van der Waals surface area contributed by atoms with Gasteiger partial charge in [0.2, 0.25) is 11.8 Å². The van der Waals surface area contributed by atoms with E-state index in [4.69, 9.17) is 0 Å². The van der Waals surface area contributed by atoms with Crippen LogP contribution in [0.4, 0.5) is 0 Å². The molecule has 0 aliphatic carbocycles. The molecule has 0 saturated carbocycles. The Kier molecular flexibility index (Phi) is 5.02. The van der Waals surface area contributed by atoms with Gasteiger partial charge >= 0.3 is 0 Å². The van der Waals surface area contributed by atoms with Crippen molar-refractivity contribution in [1.82, 2.24) is 24.5 Å². The Morgan fingerprint density at radius 2 is 2.00 bits per heavy atom. The Morgan fingerprint density at radius 1 is 1.27 bits per heavy atom. The Morgan fingerprint density at radius 3 is 2.62 bits per heavy atom. The summed E-state index contributed by atoms with van der Waals surface area (Å²) in [5.41, 5.74) is 1.37. The SMILES string of the molecule is CCn1nc(C(=O)N2C[C@H]3CC[C@@H](C2)N(CC(=O)N(C)C)C3=O)cc1C. The van der Waals surface area contributed by atoms with E-state index in [0.717, 1.165) is 18.5 Å². The lowest BCUT2D eigenvalue weighted by atomic mass is 9.94. The molecule has 26 heavy (non-hydrogen) atoms. The number of amides is 3. The number of fused-ring (bicyclic) bond motifs is 4. The molecule has 3 fully saturated rings. The fourth-order valence-electron chi connectivity index (χ4n) is 3.80. The van der Waals surface area contributed by atoms with Crippen LogP contribution in [-0.4, -0.2) is 82.0 Å². The first kappa shape index (κ1) is 18.4. The van der Waals surface area contributed by atoms with Crippen molar-refractivity contribution in [2.45, 2.75) is 39.3 Å². The Balaban J connectivity index is 1.79. The van der Waals surface area contributed by atoms with Gasteiger partial charge in [-0.3, -0.25) is 19.1 Å². The maximum atomic E-state index is 12.9. The average molecular weight is 361 g/mol. The van der Waals surface area contributed by atoms with E-state index in [1.165, 1.54) is 4.90 Å². The highest BCUT2D eigenvalue weighted by Crippen LogP contribution is 2.29. The van der Waals surface area contributed by atoms with E-state index in [0.29, 0.717) is 25.3 Å². The molecule has 3 amide bonds. The molecule has 1 aromatic rings. The van der Waals surface area contributed by atoms with Gasteiger partial charge in [0.25, 0.3) is 5.91 Å². The third-order valence-corrected chi connectivity index (χ3v) is 5.38. The number of likely N-dealkylation sites (N-methyl/N-ethyl adjacent to an activating group) is 1. The van der Waals surface area contributed by atoms with Gasteiger partial charge in [-0.05, 0) is 32.8 Å². The van der Waals surface area contributed by atoms with Crippen molar-refractivity contribution in [2.24, 2.45) is 5.92 Å². The van der Waals surface area contributed by atoms with Crippen LogP contribution in [0.1, 0.15) is 35.9 Å². The summed E-state index contributed by atoms with van der Waals surface area (Å²) in [6.45, 7) is 5.57. The molecule has 3 saturated heterocycles. The number of nitrogens with zero attached hydrogens (tertiary/aromatic N) is 5. The van der Waals surface area contributed by atoms with Crippen molar-refractivity contribution in [1.29, 1.82) is 0 Å². The third-order valence-electron chi connectivity index (χ3n) is 5.38. The zero-order chi connectivity index (χ0) is 19.0. The van der Waals surface area contributed by atoms with Gasteiger partial charge in [-0.25, -0.2) is 0 Å². The zero-order valence-corrected chi connectivity index (χ0v) is 15.9. The van der Waals surface area contributed by atoms with E-state index < -0.39 is 0 Å². The first-order valence-electron chi connectivity index (χ1n) is 9.16. The maximum absolute atomic E-state index is 12.9. The highest BCUT2D eigenvalue weighted by molar-refractivity contribution is 5.94. The molecule has 1 aromatic heterocycles. The predicted octanol–water partition coefficient (Wildman–Crippen LogP) is 0.363. The number of carbonyl (C=O) groups is 3. The minimum absolute atomic E-state index is 0.0120. The Labute approximate surface area is 153 Å². The summed E-state index contributed by atoms with van der Waals surface area (Å²) in [7, 11) is 3.37. The molecule has 3 aliphatic heterocycles. The number of aromatic nitrogens is 2. The summed E-state index contributed by atoms with van der Waals surface area (Å²) < 4.78 is 1.80. The molecule has 0 unspecified atom stereocenters. The van der Waals surface area contributed by atoms with Crippen molar-refractivity contribution < 1.29 is 14.4 Å². The van der Waals surface area contributed by atoms with Crippen molar-refractivity contribution in [2.75, 3.05) is 33.7 Å². The van der Waals surface area contributed by atoms with Gasteiger partial charge < -0.3 is 14.7 Å². The lowest BCUT2D eigenvalue weighted by Crippen LogP contribution is -2.51. The van der Waals surface area contributed by atoms with Crippen LogP contribution in [0.3, 0.4) is 0 Å². The van der Waals surface area contributed by atoms with E-state index in [9.17, 15) is 14.4 Å². The first-order valence-corrected chi connectivity index (χ1v) is 9.16. The van der Waals surface area contributed by atoms with Gasteiger partial charge in [-0.2, -0.15) is 5.10 Å². The summed E-state index contributed by atoms with van der Waals surface area (Å²) in [4.78, 5) is 42.7. The second kappa shape index (κ2) is 7.09. The quantitative estimate of drug-likeness (QED) is 0.776. The van der Waals surface area contributed by atoms with E-state index in [2.05, 4.69) is 5.10 Å². The van der Waals surface area contributed by atoms with Crippen molar-refractivity contribution in [3.05, 3.63) is 17.5 Å². The average Bonchev–Trinajstić information content (AvgIpc) is 2.78. The van der Waals surface area contributed by atoms with Gasteiger partial charge in [-0.1, -0.05) is 0 Å². The Bertz CT molecular complexity index is 726. The molecular formula is C18H27N5O3. The van der Waals surface area contributed by atoms with Crippen molar-refractivity contribution in [3.8, 4) is 0 Å². The summed E-state index contributed by atoms with van der Waals surface area (Å²) in [5, 5.41) is 4.38. The molecule has 4 rings (SSSR count). The molecule has 4 heterocycles. The van der Waals surface area contributed by atoms with Gasteiger partial charge in [0, 0.05) is 45.5 Å². The number of hydrogen-bond donors (Lipinski definition) is 0. The summed E-state index contributed by atoms with van der Waals surface area (Å²) in [6.07, 6.45) is 1.59. The molecule has 2 bridgehead atoms. The van der Waals surface area contributed by atoms with Crippen molar-refractivity contribution in [3.63, 3.8) is 0 Å². The minimum atomic E-state index is -0.234. The number of carbonyl (C=O) groups excluding carboxylic acids is 3. The molecule has 0 N–H and O–H groups in total. The number of hydrogen-bond acceptors (Lipinski definition) is 4. The van der Waals surface area contributed by atoms with Crippen LogP contribution in [0, 0.1) is 12.8 Å². The topological polar surface area (TPSA) is 78.8 Å². The molecule has 3 aliphatic rings. The predicted molar refractivity (Wildman–Crippen MR) is 95.5 cm³/mol. The van der Waals surface area contributed by atoms with Crippen LogP contribution in [-0.2, 0) is 16.1 Å². The smallest absolute Gasteiger partial charge is 0.274 e. The largest absolute Gasteiger partial charge is 0.347 e. The van der Waals surface area contributed by atoms with E-state index >= 15 is 0 Å². The molecule has 0 radical (unpaired) electrons. The third kappa shape index (κ3) is 3.32. The number of rotatable bonds is 4. The van der Waals surface area contributed by atoms with Gasteiger partial charge in [-0.15, -0.1) is 0 Å². The van der Waals surface area contributed by atoms with E-state index in [1.54, 1.807) is 34.6 Å². The standard InChI is InChI=1S/C18H27N5O3/c1-5-23-12(2)8-15(19-23)18(26)21-9-13-6-7-14(10-21)22(17(13)25)11-16(24)20(3)4/h8,13-14H,5-7,9-11H2,1-4H3/t13-,14+/m1/s1. The Hall–Kier alpha value is -2.38. The molecule has 0 aromatic carbocycles. The monoisotopic (exact) mass is 361 g/mol. The van der Waals surface area contributed by atoms with Gasteiger partial charge in [0.1, 0.15) is 6.54 Å². The van der Waals surface area contributed by atoms with Gasteiger partial charge in [0.05, 0.1) is 5.92 Å². The molecular weight excluding hydrogens is 334 g/mol. The maximum Gasteiger partial charge on any atom is 0.274 e. The molecule has 2 atom stereocenters. The number of piperidine rings is 1. The van der Waals surface area contributed by atoms with Crippen LogP contribution in [0.5, 0.6) is 0 Å². The van der Waals surface area contributed by atoms with Crippen LogP contribution in [0.25, 0.3) is 0 Å². The summed E-state index contributed by atoms with van der Waals surface area (Å²) in [5.74, 6) is -0.476. The second-order valence-corrected chi connectivity index (χ2v) is 7.38. The molecule has 8 heteroatoms. The highest BCUT2D eigenvalue weighted by Gasteiger charge is 2.43. The lowest BCUT2D eigenvalue weighted by molar-refractivity contribution is -0.145. The second-order valence-electron chi connectivity index (χ2n) is 7.38. The summed E-state index contributed by atoms with van der Waals surface area (Å²) in [6, 6.07) is 1.69. The van der Waals surface area contributed by atoms with Crippen LogP contribution >= 0.6 is 0 Å². The first-order chi connectivity index (χ1) is 12.3. The molecule has 0 spiro atoms. The lowest BCUT2D eigenvalue weighted by Gasteiger charge is -2.35.